The van der Waals surface area contributed by atoms with E-state index in [9.17, 15) is 4.79 Å². The minimum absolute atomic E-state index is 0.144. The van der Waals surface area contributed by atoms with Crippen molar-refractivity contribution in [2.24, 2.45) is 0 Å². The molecule has 34 heavy (non-hydrogen) atoms. The molecule has 174 valence electrons. The van der Waals surface area contributed by atoms with Gasteiger partial charge in [-0.3, -0.25) is 4.79 Å². The molecule has 4 rings (SSSR count). The van der Waals surface area contributed by atoms with E-state index in [1.165, 1.54) is 4.80 Å². The third kappa shape index (κ3) is 5.80. The predicted octanol–water partition coefficient (Wildman–Crippen LogP) is 7.85. The van der Waals surface area contributed by atoms with Crippen molar-refractivity contribution in [1.82, 2.24) is 20.3 Å². The van der Waals surface area contributed by atoms with Gasteiger partial charge in [0.2, 0.25) is 5.91 Å². The quantitative estimate of drug-likeness (QED) is 0.255. The summed E-state index contributed by atoms with van der Waals surface area (Å²) in [5, 5.41) is 14.5. The Bertz CT molecular complexity index is 1320. The number of aromatic nitrogens is 3. The van der Waals surface area contributed by atoms with Gasteiger partial charge in [-0.15, -0.1) is 0 Å². The lowest BCUT2D eigenvalue weighted by molar-refractivity contribution is -0.122. The fourth-order valence-corrected chi connectivity index (χ4v) is 4.66. The summed E-state index contributed by atoms with van der Waals surface area (Å²) in [4.78, 5) is 13.9. The average Bonchev–Trinajstić information content (AvgIpc) is 3.16. The van der Waals surface area contributed by atoms with E-state index in [-0.39, 0.29) is 19.0 Å². The maximum Gasteiger partial charge on any atom is 0.243 e. The molecule has 0 aliphatic rings. The second kappa shape index (κ2) is 10.7. The van der Waals surface area contributed by atoms with Crippen LogP contribution in [0, 0.1) is 0 Å². The van der Waals surface area contributed by atoms with Gasteiger partial charge in [-0.25, -0.2) is 0 Å². The summed E-state index contributed by atoms with van der Waals surface area (Å²) in [7, 11) is 0. The summed E-state index contributed by atoms with van der Waals surface area (Å²) in [6.45, 7) is 0.0798. The van der Waals surface area contributed by atoms with E-state index in [1.54, 1.807) is 54.6 Å². The molecule has 1 aromatic heterocycles. The van der Waals surface area contributed by atoms with Gasteiger partial charge in [0.25, 0.3) is 0 Å². The zero-order valence-electron chi connectivity index (χ0n) is 17.1. The molecule has 0 atom stereocenters. The van der Waals surface area contributed by atoms with Gasteiger partial charge < -0.3 is 5.32 Å². The van der Waals surface area contributed by atoms with Crippen molar-refractivity contribution in [3.8, 4) is 22.5 Å². The van der Waals surface area contributed by atoms with E-state index >= 15 is 0 Å². The molecule has 0 saturated carbocycles. The number of carbonyl (C=O) groups excluding carboxylic acids is 1. The molecule has 3 aromatic carbocycles. The summed E-state index contributed by atoms with van der Waals surface area (Å²) in [5.41, 5.74) is 2.80. The summed E-state index contributed by atoms with van der Waals surface area (Å²) in [6.07, 6.45) is 0. The van der Waals surface area contributed by atoms with Crippen LogP contribution in [0.25, 0.3) is 22.5 Å². The smallest absolute Gasteiger partial charge is 0.243 e. The minimum atomic E-state index is -0.316. The van der Waals surface area contributed by atoms with E-state index in [0.717, 1.165) is 5.56 Å². The number of halogens is 6. The van der Waals surface area contributed by atoms with Gasteiger partial charge in [0.1, 0.15) is 17.9 Å². The van der Waals surface area contributed by atoms with Crippen molar-refractivity contribution >= 4 is 75.5 Å². The Labute approximate surface area is 225 Å². The molecule has 0 bridgehead atoms. The highest BCUT2D eigenvalue weighted by molar-refractivity contribution is 6.37. The maximum absolute atomic E-state index is 12.6. The molecule has 5 nitrogen and oxygen atoms in total. The Kier molecular flexibility index (Phi) is 7.93. The highest BCUT2D eigenvalue weighted by Crippen LogP contribution is 2.38. The van der Waals surface area contributed by atoms with Crippen LogP contribution in [0.1, 0.15) is 5.56 Å². The molecular formula is C23H14Cl6N4O. The van der Waals surface area contributed by atoms with E-state index in [2.05, 4.69) is 15.5 Å². The maximum atomic E-state index is 12.6. The van der Waals surface area contributed by atoms with Crippen molar-refractivity contribution in [3.05, 3.63) is 90.3 Å². The van der Waals surface area contributed by atoms with Gasteiger partial charge in [-0.05, 0) is 54.1 Å². The van der Waals surface area contributed by atoms with E-state index in [1.807, 2.05) is 0 Å². The van der Waals surface area contributed by atoms with Crippen LogP contribution in [0.3, 0.4) is 0 Å². The zero-order valence-corrected chi connectivity index (χ0v) is 21.7. The Morgan fingerprint density at radius 2 is 1.18 bits per heavy atom. The number of amides is 1. The molecule has 4 aromatic rings. The van der Waals surface area contributed by atoms with Crippen LogP contribution in [-0.4, -0.2) is 20.9 Å². The zero-order chi connectivity index (χ0) is 24.4. The normalized spacial score (nSPS) is 11.0. The molecule has 0 radical (unpaired) electrons. The number of hydrogen-bond acceptors (Lipinski definition) is 3. The highest BCUT2D eigenvalue weighted by Gasteiger charge is 2.21. The summed E-state index contributed by atoms with van der Waals surface area (Å²) in [6, 6.07) is 15.1. The van der Waals surface area contributed by atoms with Gasteiger partial charge in [-0.2, -0.15) is 15.0 Å². The number of rotatable bonds is 6. The van der Waals surface area contributed by atoms with E-state index in [0.29, 0.717) is 52.7 Å². The largest absolute Gasteiger partial charge is 0.350 e. The van der Waals surface area contributed by atoms with Gasteiger partial charge in [0, 0.05) is 37.8 Å². The predicted molar refractivity (Wildman–Crippen MR) is 139 cm³/mol. The van der Waals surface area contributed by atoms with Crippen molar-refractivity contribution in [1.29, 1.82) is 0 Å². The summed E-state index contributed by atoms with van der Waals surface area (Å²) < 4.78 is 0. The molecule has 1 amide bonds. The number of nitrogens with one attached hydrogen (secondary N) is 1. The lowest BCUT2D eigenvalue weighted by Crippen LogP contribution is -2.28. The number of nitrogens with zero attached hydrogens (tertiary/aromatic N) is 3. The van der Waals surface area contributed by atoms with E-state index in [4.69, 9.17) is 69.6 Å². The topological polar surface area (TPSA) is 59.8 Å². The summed E-state index contributed by atoms with van der Waals surface area (Å²) >= 11 is 37.1. The van der Waals surface area contributed by atoms with Crippen LogP contribution in [0.5, 0.6) is 0 Å². The second-order valence-corrected chi connectivity index (χ2v) is 9.72. The molecule has 0 fully saturated rings. The molecule has 0 saturated heterocycles. The first-order valence-electron chi connectivity index (χ1n) is 9.78. The van der Waals surface area contributed by atoms with Crippen LogP contribution < -0.4 is 5.32 Å². The lowest BCUT2D eigenvalue weighted by atomic mass is 10.0. The fraction of sp³-hybridized carbons (Fsp3) is 0.0870. The Balaban J connectivity index is 1.64. The van der Waals surface area contributed by atoms with Crippen molar-refractivity contribution in [3.63, 3.8) is 0 Å². The van der Waals surface area contributed by atoms with Gasteiger partial charge >= 0.3 is 0 Å². The first-order valence-corrected chi connectivity index (χ1v) is 12.0. The Morgan fingerprint density at radius 3 is 1.65 bits per heavy atom. The third-order valence-electron chi connectivity index (χ3n) is 4.80. The van der Waals surface area contributed by atoms with Crippen molar-refractivity contribution in [2.45, 2.75) is 13.1 Å². The van der Waals surface area contributed by atoms with Gasteiger partial charge in [0.05, 0.1) is 10.0 Å². The van der Waals surface area contributed by atoms with Gasteiger partial charge in [0.15, 0.2) is 0 Å². The molecule has 11 heteroatoms. The van der Waals surface area contributed by atoms with E-state index < -0.39 is 0 Å². The SMILES string of the molecule is O=C(Cn1nc(-c2ccc(Cl)cc2Cl)c(-c2ccc(Cl)cc2Cl)n1)NCc1ccc(Cl)cc1Cl. The fourth-order valence-electron chi connectivity index (χ4n) is 3.19. The average molecular weight is 575 g/mol. The first kappa shape index (κ1) is 25.1. The monoisotopic (exact) mass is 572 g/mol. The summed E-state index contributed by atoms with van der Waals surface area (Å²) in [5.74, 6) is -0.316. The standard InChI is InChI=1S/C23H14Cl6N4O/c24-13-2-1-12(18(27)7-13)10-30-21(34)11-33-31-22(16-5-3-14(25)8-19(16)28)23(32-33)17-6-4-15(26)9-20(17)29/h1-9H,10-11H2,(H,30,34). The van der Waals surface area contributed by atoms with Crippen molar-refractivity contribution in [2.75, 3.05) is 0 Å². The number of benzene rings is 3. The molecule has 1 N–H and O–H groups in total. The molecule has 0 aliphatic carbocycles. The van der Waals surface area contributed by atoms with Crippen LogP contribution in [0.4, 0.5) is 0 Å². The lowest BCUT2D eigenvalue weighted by Gasteiger charge is -2.07. The van der Waals surface area contributed by atoms with Crippen LogP contribution in [0.2, 0.25) is 30.1 Å². The van der Waals surface area contributed by atoms with Crippen LogP contribution >= 0.6 is 69.6 Å². The molecule has 0 spiro atoms. The van der Waals surface area contributed by atoms with Crippen LogP contribution in [0.15, 0.2) is 54.6 Å². The molecule has 0 unspecified atom stereocenters. The third-order valence-corrected chi connectivity index (χ3v) is 6.49. The number of carbonyl (C=O) groups is 1. The van der Waals surface area contributed by atoms with Crippen molar-refractivity contribution < 1.29 is 4.79 Å². The highest BCUT2D eigenvalue weighted by atomic mass is 35.5. The molecule has 0 aliphatic heterocycles. The Hall–Kier alpha value is -1.99. The number of hydrogen-bond donors (Lipinski definition) is 1. The van der Waals surface area contributed by atoms with Crippen LogP contribution in [-0.2, 0) is 17.9 Å². The minimum Gasteiger partial charge on any atom is -0.350 e. The molecule has 1 heterocycles. The molecular weight excluding hydrogens is 561 g/mol. The second-order valence-electron chi connectivity index (χ2n) is 7.19. The first-order chi connectivity index (χ1) is 16.2. The Morgan fingerprint density at radius 1 is 0.706 bits per heavy atom. The van der Waals surface area contributed by atoms with Gasteiger partial charge in [-0.1, -0.05) is 75.7 Å².